The molecule has 3 aromatic rings. The van der Waals surface area contributed by atoms with Gasteiger partial charge in [0.25, 0.3) is 0 Å². The van der Waals surface area contributed by atoms with Crippen LogP contribution in [0.3, 0.4) is 0 Å². The minimum Gasteiger partial charge on any atom is -0.493 e. The summed E-state index contributed by atoms with van der Waals surface area (Å²) in [6.45, 7) is 2.05. The van der Waals surface area contributed by atoms with Gasteiger partial charge in [-0.05, 0) is 36.8 Å². The molecule has 0 saturated carbocycles. The van der Waals surface area contributed by atoms with Gasteiger partial charge in [-0.1, -0.05) is 24.3 Å². The smallest absolute Gasteiger partial charge is 0.176 e. The molecule has 5 heteroatoms. The number of benzene rings is 2. The summed E-state index contributed by atoms with van der Waals surface area (Å²) in [6, 6.07) is 15.9. The molecule has 2 atom stereocenters. The van der Waals surface area contributed by atoms with Gasteiger partial charge in [0.05, 0.1) is 13.2 Å². The molecule has 0 aliphatic carbocycles. The summed E-state index contributed by atoms with van der Waals surface area (Å²) in [5, 5.41) is 4.46. The SMILES string of the molecule is COc1cccc2cc([C@H](C)Nc3cccc(C[S@](C)=O)c3)oc12. The Morgan fingerprint density at radius 1 is 1.21 bits per heavy atom. The van der Waals surface area contributed by atoms with E-state index in [0.29, 0.717) is 5.75 Å². The lowest BCUT2D eigenvalue weighted by molar-refractivity contribution is 0.406. The molecule has 126 valence electrons. The molecule has 1 heterocycles. The zero-order valence-corrected chi connectivity index (χ0v) is 14.9. The van der Waals surface area contributed by atoms with E-state index in [1.54, 1.807) is 13.4 Å². The Labute approximate surface area is 144 Å². The first-order valence-corrected chi connectivity index (χ1v) is 9.51. The van der Waals surface area contributed by atoms with Crippen LogP contribution in [0.1, 0.15) is 24.3 Å². The third-order valence-electron chi connectivity index (χ3n) is 3.85. The Balaban J connectivity index is 1.82. The largest absolute Gasteiger partial charge is 0.493 e. The second kappa shape index (κ2) is 7.09. The molecular weight excluding hydrogens is 322 g/mol. The fourth-order valence-corrected chi connectivity index (χ4v) is 3.39. The monoisotopic (exact) mass is 343 g/mol. The maximum atomic E-state index is 11.4. The highest BCUT2D eigenvalue weighted by Crippen LogP contribution is 2.32. The average Bonchev–Trinajstić information content (AvgIpc) is 2.98. The van der Waals surface area contributed by atoms with Crippen LogP contribution in [-0.2, 0) is 16.6 Å². The first kappa shape index (κ1) is 16.6. The lowest BCUT2D eigenvalue weighted by Gasteiger charge is -2.13. The predicted molar refractivity (Wildman–Crippen MR) is 99.0 cm³/mol. The molecule has 1 aromatic heterocycles. The summed E-state index contributed by atoms with van der Waals surface area (Å²) < 4.78 is 22.7. The van der Waals surface area contributed by atoms with Gasteiger partial charge in [0.2, 0.25) is 0 Å². The minimum absolute atomic E-state index is 0.00415. The summed E-state index contributed by atoms with van der Waals surface area (Å²) in [7, 11) is 0.793. The van der Waals surface area contributed by atoms with E-state index >= 15 is 0 Å². The molecule has 4 nitrogen and oxygen atoms in total. The number of furan rings is 1. The topological polar surface area (TPSA) is 51.5 Å². The molecule has 0 saturated heterocycles. The fraction of sp³-hybridized carbons (Fsp3) is 0.263. The van der Waals surface area contributed by atoms with Crippen LogP contribution >= 0.6 is 0 Å². The molecule has 0 amide bonds. The van der Waals surface area contributed by atoms with E-state index < -0.39 is 10.8 Å². The number of nitrogens with one attached hydrogen (secondary N) is 1. The van der Waals surface area contributed by atoms with E-state index in [9.17, 15) is 4.21 Å². The van der Waals surface area contributed by atoms with Crippen LogP contribution in [0.15, 0.2) is 52.9 Å². The Kier molecular flexibility index (Phi) is 4.90. The van der Waals surface area contributed by atoms with E-state index in [2.05, 4.69) is 12.2 Å². The Morgan fingerprint density at radius 3 is 2.75 bits per heavy atom. The maximum absolute atomic E-state index is 11.4. The minimum atomic E-state index is -0.848. The predicted octanol–water partition coefficient (Wildman–Crippen LogP) is 4.49. The molecule has 0 aliphatic rings. The van der Waals surface area contributed by atoms with Crippen LogP contribution < -0.4 is 10.1 Å². The number of para-hydroxylation sites is 1. The van der Waals surface area contributed by atoms with Crippen molar-refractivity contribution in [2.24, 2.45) is 0 Å². The van der Waals surface area contributed by atoms with Gasteiger partial charge >= 0.3 is 0 Å². The number of anilines is 1. The Morgan fingerprint density at radius 2 is 2.00 bits per heavy atom. The van der Waals surface area contributed by atoms with E-state index in [1.807, 2.05) is 48.5 Å². The normalized spacial score (nSPS) is 13.6. The summed E-state index contributed by atoms with van der Waals surface area (Å²) in [4.78, 5) is 0. The molecule has 24 heavy (non-hydrogen) atoms. The van der Waals surface area contributed by atoms with Gasteiger partial charge < -0.3 is 14.5 Å². The first-order valence-electron chi connectivity index (χ1n) is 7.79. The Hall–Kier alpha value is -2.27. The lowest BCUT2D eigenvalue weighted by atomic mass is 10.2. The highest BCUT2D eigenvalue weighted by molar-refractivity contribution is 7.83. The van der Waals surface area contributed by atoms with Crippen LogP contribution in [0.2, 0.25) is 0 Å². The first-order chi connectivity index (χ1) is 11.6. The Bertz CT molecular complexity index is 872. The molecule has 1 N–H and O–H groups in total. The second-order valence-corrected chi connectivity index (χ2v) is 7.25. The van der Waals surface area contributed by atoms with E-state index in [4.69, 9.17) is 9.15 Å². The van der Waals surface area contributed by atoms with Crippen molar-refractivity contribution < 1.29 is 13.4 Å². The van der Waals surface area contributed by atoms with Crippen LogP contribution in [0, 0.1) is 0 Å². The molecule has 0 bridgehead atoms. The summed E-state index contributed by atoms with van der Waals surface area (Å²) >= 11 is 0. The van der Waals surface area contributed by atoms with Crippen molar-refractivity contribution in [1.82, 2.24) is 0 Å². The number of methoxy groups -OCH3 is 1. The molecule has 0 spiro atoms. The van der Waals surface area contributed by atoms with Crippen LogP contribution in [0.4, 0.5) is 5.69 Å². The third kappa shape index (κ3) is 3.62. The highest BCUT2D eigenvalue weighted by atomic mass is 32.2. The summed E-state index contributed by atoms with van der Waals surface area (Å²) in [5.74, 6) is 2.14. The van der Waals surface area contributed by atoms with Crippen molar-refractivity contribution in [3.05, 3.63) is 59.9 Å². The number of hydrogen-bond acceptors (Lipinski definition) is 4. The van der Waals surface area contributed by atoms with Crippen molar-refractivity contribution in [3.63, 3.8) is 0 Å². The molecule has 0 unspecified atom stereocenters. The zero-order valence-electron chi connectivity index (χ0n) is 14.0. The zero-order chi connectivity index (χ0) is 17.1. The van der Waals surface area contributed by atoms with Gasteiger partial charge in [-0.2, -0.15) is 0 Å². The van der Waals surface area contributed by atoms with Crippen LogP contribution in [0.25, 0.3) is 11.0 Å². The van der Waals surface area contributed by atoms with Gasteiger partial charge in [-0.15, -0.1) is 0 Å². The number of ether oxygens (including phenoxy) is 1. The fourth-order valence-electron chi connectivity index (χ4n) is 2.74. The number of rotatable bonds is 6. The van der Waals surface area contributed by atoms with Gasteiger partial charge in [0.1, 0.15) is 5.76 Å². The molecular formula is C19H21NO3S. The number of fused-ring (bicyclic) bond motifs is 1. The maximum Gasteiger partial charge on any atom is 0.176 e. The second-order valence-electron chi connectivity index (χ2n) is 5.81. The van der Waals surface area contributed by atoms with E-state index in [-0.39, 0.29) is 6.04 Å². The quantitative estimate of drug-likeness (QED) is 0.716. The van der Waals surface area contributed by atoms with Crippen LogP contribution in [-0.4, -0.2) is 17.6 Å². The number of hydrogen-bond donors (Lipinski definition) is 1. The van der Waals surface area contributed by atoms with Gasteiger partial charge in [-0.25, -0.2) is 0 Å². The van der Waals surface area contributed by atoms with Crippen molar-refractivity contribution in [3.8, 4) is 5.75 Å². The lowest BCUT2D eigenvalue weighted by Crippen LogP contribution is -2.06. The molecule has 0 fully saturated rings. The van der Waals surface area contributed by atoms with Crippen molar-refractivity contribution in [1.29, 1.82) is 0 Å². The standard InChI is InChI=1S/C19H21NO3S/c1-13(20-16-8-4-6-14(10-16)12-24(3)21)18-11-15-7-5-9-17(22-2)19(15)23-18/h4-11,13,20H,12H2,1-3H3/t13-,24-/m0/s1. The van der Waals surface area contributed by atoms with Crippen molar-refractivity contribution >= 4 is 27.5 Å². The summed E-state index contributed by atoms with van der Waals surface area (Å²) in [5.41, 5.74) is 2.80. The van der Waals surface area contributed by atoms with Crippen molar-refractivity contribution in [2.75, 3.05) is 18.7 Å². The van der Waals surface area contributed by atoms with Gasteiger partial charge in [-0.3, -0.25) is 4.21 Å². The highest BCUT2D eigenvalue weighted by Gasteiger charge is 2.14. The molecule has 2 aromatic carbocycles. The molecule has 0 aliphatic heterocycles. The summed E-state index contributed by atoms with van der Waals surface area (Å²) in [6.07, 6.45) is 1.71. The van der Waals surface area contributed by atoms with Crippen LogP contribution in [0.5, 0.6) is 5.75 Å². The van der Waals surface area contributed by atoms with Gasteiger partial charge in [0.15, 0.2) is 11.3 Å². The third-order valence-corrected chi connectivity index (χ3v) is 4.59. The van der Waals surface area contributed by atoms with E-state index in [1.165, 1.54) is 0 Å². The average molecular weight is 343 g/mol. The van der Waals surface area contributed by atoms with Crippen molar-refractivity contribution in [2.45, 2.75) is 18.7 Å². The van der Waals surface area contributed by atoms with E-state index in [0.717, 1.165) is 33.7 Å². The molecule has 3 rings (SSSR count). The van der Waals surface area contributed by atoms with Gasteiger partial charge in [0, 0.05) is 33.9 Å². The molecule has 0 radical (unpaired) electrons.